The van der Waals surface area contributed by atoms with E-state index < -0.39 is 5.97 Å². The quantitative estimate of drug-likeness (QED) is 0.785. The molecule has 0 unspecified atom stereocenters. The fourth-order valence-electron chi connectivity index (χ4n) is 2.22. The molecule has 0 aromatic heterocycles. The van der Waals surface area contributed by atoms with Gasteiger partial charge in [0.2, 0.25) is 0 Å². The monoisotopic (exact) mass is 299 g/mol. The molecule has 0 bridgehead atoms. The van der Waals surface area contributed by atoms with E-state index in [0.717, 1.165) is 17.9 Å². The first kappa shape index (κ1) is 16.0. The summed E-state index contributed by atoms with van der Waals surface area (Å²) < 4.78 is 5.75. The minimum atomic E-state index is -0.824. The van der Waals surface area contributed by atoms with Gasteiger partial charge in [-0.2, -0.15) is 0 Å². The molecule has 0 spiro atoms. The summed E-state index contributed by atoms with van der Waals surface area (Å²) in [5.74, 6) is 1.18. The second-order valence-electron chi connectivity index (χ2n) is 5.39. The van der Waals surface area contributed by atoms with Crippen LogP contribution in [0.25, 0.3) is 0 Å². The van der Waals surface area contributed by atoms with Crippen LogP contribution in [0.15, 0.2) is 54.6 Å². The second kappa shape index (κ2) is 8.20. The van der Waals surface area contributed by atoms with Crippen LogP contribution in [0.5, 0.6) is 11.5 Å². The number of benzene rings is 2. The molecule has 0 heterocycles. The third-order valence-electron chi connectivity index (χ3n) is 3.26. The topological polar surface area (TPSA) is 58.6 Å². The van der Waals surface area contributed by atoms with Crippen LogP contribution in [0.1, 0.15) is 12.5 Å². The van der Waals surface area contributed by atoms with Crippen molar-refractivity contribution in [2.75, 3.05) is 13.1 Å². The number of carboxylic acid groups (broad SMARTS) is 1. The van der Waals surface area contributed by atoms with Crippen molar-refractivity contribution in [2.45, 2.75) is 13.3 Å². The summed E-state index contributed by atoms with van der Waals surface area (Å²) in [4.78, 5) is 10.5. The first-order valence-corrected chi connectivity index (χ1v) is 7.38. The van der Waals surface area contributed by atoms with Gasteiger partial charge in [0, 0.05) is 0 Å². The molecular formula is C18H21NO3. The van der Waals surface area contributed by atoms with Crippen molar-refractivity contribution in [3.8, 4) is 11.5 Å². The summed E-state index contributed by atoms with van der Waals surface area (Å²) in [6.45, 7) is 2.80. The Kier molecular flexibility index (Phi) is 5.98. The van der Waals surface area contributed by atoms with Gasteiger partial charge in [-0.05, 0) is 48.7 Å². The van der Waals surface area contributed by atoms with Gasteiger partial charge in [-0.3, -0.25) is 4.79 Å². The molecule has 0 aliphatic carbocycles. The van der Waals surface area contributed by atoms with Crippen LogP contribution in [0.3, 0.4) is 0 Å². The maximum atomic E-state index is 10.5. The van der Waals surface area contributed by atoms with Gasteiger partial charge in [-0.25, -0.2) is 0 Å². The Labute approximate surface area is 130 Å². The Morgan fingerprint density at radius 1 is 1.09 bits per heavy atom. The van der Waals surface area contributed by atoms with Crippen LogP contribution in [0, 0.1) is 5.92 Å². The molecule has 0 amide bonds. The third kappa shape index (κ3) is 5.58. The van der Waals surface area contributed by atoms with E-state index in [1.54, 1.807) is 0 Å². The Bertz CT molecular complexity index is 581. The molecule has 0 aliphatic heterocycles. The van der Waals surface area contributed by atoms with Gasteiger partial charge >= 0.3 is 5.97 Å². The molecule has 2 aromatic rings. The molecule has 22 heavy (non-hydrogen) atoms. The van der Waals surface area contributed by atoms with Crippen molar-refractivity contribution < 1.29 is 14.6 Å². The number of carboxylic acids is 1. The summed E-state index contributed by atoms with van der Waals surface area (Å²) >= 11 is 0. The van der Waals surface area contributed by atoms with Gasteiger partial charge in [0.15, 0.2) is 0 Å². The average molecular weight is 299 g/mol. The van der Waals surface area contributed by atoms with Crippen molar-refractivity contribution in [2.24, 2.45) is 5.92 Å². The summed E-state index contributed by atoms with van der Waals surface area (Å²) in [6.07, 6.45) is 0.901. The normalized spacial score (nSPS) is 11.9. The molecule has 2 aromatic carbocycles. The van der Waals surface area contributed by atoms with E-state index >= 15 is 0 Å². The Hall–Kier alpha value is -2.33. The van der Waals surface area contributed by atoms with E-state index in [1.807, 2.05) is 54.6 Å². The zero-order valence-electron chi connectivity index (χ0n) is 12.7. The molecule has 2 N–H and O–H groups in total. The van der Waals surface area contributed by atoms with Gasteiger partial charge in [-0.15, -0.1) is 0 Å². The lowest BCUT2D eigenvalue weighted by Crippen LogP contribution is -2.27. The van der Waals surface area contributed by atoms with Gasteiger partial charge in [0.05, 0.1) is 6.54 Å². The maximum absolute atomic E-state index is 10.5. The third-order valence-corrected chi connectivity index (χ3v) is 3.26. The van der Waals surface area contributed by atoms with Crippen LogP contribution in [-0.2, 0) is 11.2 Å². The predicted octanol–water partition coefficient (Wildman–Crippen LogP) is 3.33. The molecule has 0 fully saturated rings. The van der Waals surface area contributed by atoms with Crippen LogP contribution >= 0.6 is 0 Å². The Morgan fingerprint density at radius 3 is 2.36 bits per heavy atom. The van der Waals surface area contributed by atoms with Crippen molar-refractivity contribution in [3.05, 3.63) is 60.2 Å². The highest BCUT2D eigenvalue weighted by atomic mass is 16.5. The maximum Gasteiger partial charge on any atom is 0.317 e. The number of hydrogen-bond donors (Lipinski definition) is 2. The van der Waals surface area contributed by atoms with Crippen molar-refractivity contribution in [3.63, 3.8) is 0 Å². The number of ether oxygens (including phenoxy) is 1. The van der Waals surface area contributed by atoms with Gasteiger partial charge < -0.3 is 15.2 Å². The summed E-state index contributed by atoms with van der Waals surface area (Å²) in [7, 11) is 0. The predicted molar refractivity (Wildman–Crippen MR) is 86.3 cm³/mol. The molecule has 0 radical (unpaired) electrons. The fourth-order valence-corrected chi connectivity index (χ4v) is 2.22. The van der Waals surface area contributed by atoms with E-state index in [2.05, 4.69) is 12.2 Å². The van der Waals surface area contributed by atoms with Crippen molar-refractivity contribution >= 4 is 5.97 Å². The number of para-hydroxylation sites is 1. The summed E-state index contributed by atoms with van der Waals surface area (Å²) in [5.41, 5.74) is 1.21. The van der Waals surface area contributed by atoms with E-state index in [9.17, 15) is 4.79 Å². The lowest BCUT2D eigenvalue weighted by molar-refractivity contribution is -0.135. The Morgan fingerprint density at radius 2 is 1.73 bits per heavy atom. The van der Waals surface area contributed by atoms with E-state index in [4.69, 9.17) is 9.84 Å². The molecule has 1 atom stereocenters. The van der Waals surface area contributed by atoms with E-state index in [-0.39, 0.29) is 6.54 Å². The average Bonchev–Trinajstić information content (AvgIpc) is 2.50. The SMILES string of the molecule is C[C@@H](CNCC(=O)O)Cc1ccc(Oc2ccccc2)cc1. The highest BCUT2D eigenvalue weighted by Gasteiger charge is 2.05. The highest BCUT2D eigenvalue weighted by molar-refractivity contribution is 5.68. The molecule has 0 saturated heterocycles. The first-order valence-electron chi connectivity index (χ1n) is 7.38. The van der Waals surface area contributed by atoms with E-state index in [0.29, 0.717) is 12.5 Å². The van der Waals surface area contributed by atoms with Crippen LogP contribution in [-0.4, -0.2) is 24.2 Å². The van der Waals surface area contributed by atoms with Gasteiger partial charge in [0.25, 0.3) is 0 Å². The molecule has 4 nitrogen and oxygen atoms in total. The van der Waals surface area contributed by atoms with Crippen LogP contribution in [0.2, 0.25) is 0 Å². The van der Waals surface area contributed by atoms with Crippen LogP contribution < -0.4 is 10.1 Å². The standard InChI is InChI=1S/C18H21NO3/c1-14(12-19-13-18(20)21)11-15-7-9-17(10-8-15)22-16-5-3-2-4-6-16/h2-10,14,19H,11-13H2,1H3,(H,20,21)/t14-/m1/s1. The molecule has 2 rings (SSSR count). The summed E-state index contributed by atoms with van der Waals surface area (Å²) in [6, 6.07) is 17.7. The zero-order chi connectivity index (χ0) is 15.8. The molecule has 0 aliphatic rings. The number of nitrogens with one attached hydrogen (secondary N) is 1. The molecule has 116 valence electrons. The fraction of sp³-hybridized carbons (Fsp3) is 0.278. The first-order chi connectivity index (χ1) is 10.6. The van der Waals surface area contributed by atoms with Crippen molar-refractivity contribution in [1.29, 1.82) is 0 Å². The number of carbonyl (C=O) groups is 1. The van der Waals surface area contributed by atoms with Gasteiger partial charge in [0.1, 0.15) is 11.5 Å². The number of rotatable bonds is 8. The number of hydrogen-bond acceptors (Lipinski definition) is 3. The smallest absolute Gasteiger partial charge is 0.317 e. The Balaban J connectivity index is 1.82. The molecule has 4 heteroatoms. The molecular weight excluding hydrogens is 278 g/mol. The second-order valence-corrected chi connectivity index (χ2v) is 5.39. The van der Waals surface area contributed by atoms with E-state index in [1.165, 1.54) is 5.56 Å². The largest absolute Gasteiger partial charge is 0.480 e. The summed E-state index contributed by atoms with van der Waals surface area (Å²) in [5, 5.41) is 11.5. The lowest BCUT2D eigenvalue weighted by atomic mass is 10.0. The van der Waals surface area contributed by atoms with Gasteiger partial charge in [-0.1, -0.05) is 37.3 Å². The lowest BCUT2D eigenvalue weighted by Gasteiger charge is -2.12. The van der Waals surface area contributed by atoms with Crippen LogP contribution in [0.4, 0.5) is 0 Å². The highest BCUT2D eigenvalue weighted by Crippen LogP contribution is 2.21. The minimum absolute atomic E-state index is 0.00813. The number of aliphatic carboxylic acids is 1. The minimum Gasteiger partial charge on any atom is -0.480 e. The zero-order valence-corrected chi connectivity index (χ0v) is 12.7. The van der Waals surface area contributed by atoms with Crippen molar-refractivity contribution in [1.82, 2.24) is 5.32 Å². The molecule has 0 saturated carbocycles.